The first-order valence-electron chi connectivity index (χ1n) is 5.57. The summed E-state index contributed by atoms with van der Waals surface area (Å²) in [7, 11) is 0. The Labute approximate surface area is 116 Å². The molecule has 0 aliphatic carbocycles. The van der Waals surface area contributed by atoms with Crippen molar-refractivity contribution in [1.29, 1.82) is 0 Å². The fourth-order valence-corrected chi connectivity index (χ4v) is 2.54. The zero-order valence-corrected chi connectivity index (χ0v) is 11.9. The standard InChI is InChI=1S/C14H13Cl2NO/c1-8-7-11(10(3)18)9(2)17(8)13-6-4-5-12(15)14(13)16/h4-7H,1-3H3. The van der Waals surface area contributed by atoms with Crippen LogP contribution in [0.1, 0.15) is 28.7 Å². The lowest BCUT2D eigenvalue weighted by Crippen LogP contribution is -2.02. The minimum atomic E-state index is 0.0486. The quantitative estimate of drug-likeness (QED) is 0.737. The summed E-state index contributed by atoms with van der Waals surface area (Å²) in [6, 6.07) is 7.34. The van der Waals surface area contributed by atoms with Gasteiger partial charge in [0.2, 0.25) is 0 Å². The van der Waals surface area contributed by atoms with Crippen molar-refractivity contribution in [2.75, 3.05) is 0 Å². The third kappa shape index (κ3) is 2.06. The number of hydrogen-bond acceptors (Lipinski definition) is 1. The van der Waals surface area contributed by atoms with Crippen LogP contribution in [0.3, 0.4) is 0 Å². The molecule has 18 heavy (non-hydrogen) atoms. The lowest BCUT2D eigenvalue weighted by atomic mass is 10.2. The number of rotatable bonds is 2. The first-order valence-corrected chi connectivity index (χ1v) is 6.33. The molecule has 0 bridgehead atoms. The third-order valence-corrected chi connectivity index (χ3v) is 3.79. The number of benzene rings is 1. The maximum Gasteiger partial charge on any atom is 0.161 e. The van der Waals surface area contributed by atoms with Gasteiger partial charge in [-0.1, -0.05) is 29.3 Å². The Hall–Kier alpha value is -1.25. The summed E-state index contributed by atoms with van der Waals surface area (Å²) in [6.07, 6.45) is 0. The summed E-state index contributed by atoms with van der Waals surface area (Å²) in [5.41, 5.74) is 3.35. The Bertz CT molecular complexity index is 629. The molecule has 1 aromatic heterocycles. The first kappa shape index (κ1) is 13.2. The monoisotopic (exact) mass is 281 g/mol. The molecule has 1 aromatic carbocycles. The van der Waals surface area contributed by atoms with Gasteiger partial charge in [0.15, 0.2) is 5.78 Å². The number of aryl methyl sites for hydroxylation is 1. The van der Waals surface area contributed by atoms with Crippen LogP contribution >= 0.6 is 23.2 Å². The maximum absolute atomic E-state index is 11.5. The highest BCUT2D eigenvalue weighted by atomic mass is 35.5. The predicted octanol–water partition coefficient (Wildman–Crippen LogP) is 4.60. The fourth-order valence-electron chi connectivity index (χ4n) is 2.16. The van der Waals surface area contributed by atoms with Crippen LogP contribution in [0.2, 0.25) is 10.0 Å². The zero-order valence-electron chi connectivity index (χ0n) is 10.4. The highest BCUT2D eigenvalue weighted by Gasteiger charge is 2.16. The van der Waals surface area contributed by atoms with Gasteiger partial charge in [-0.25, -0.2) is 0 Å². The van der Waals surface area contributed by atoms with Crippen molar-refractivity contribution >= 4 is 29.0 Å². The van der Waals surface area contributed by atoms with Gasteiger partial charge in [0.1, 0.15) is 0 Å². The minimum Gasteiger partial charge on any atom is -0.316 e. The molecule has 0 saturated carbocycles. The van der Waals surface area contributed by atoms with Gasteiger partial charge < -0.3 is 4.57 Å². The van der Waals surface area contributed by atoms with Gasteiger partial charge in [-0.15, -0.1) is 0 Å². The molecule has 2 nitrogen and oxygen atoms in total. The molecule has 1 heterocycles. The molecule has 0 radical (unpaired) electrons. The molecule has 4 heteroatoms. The van der Waals surface area contributed by atoms with Crippen LogP contribution in [-0.2, 0) is 0 Å². The Balaban J connectivity index is 2.72. The Kier molecular flexibility index (Phi) is 3.51. The van der Waals surface area contributed by atoms with E-state index in [1.807, 2.05) is 36.6 Å². The van der Waals surface area contributed by atoms with Crippen LogP contribution in [0.4, 0.5) is 0 Å². The molecule has 2 aromatic rings. The lowest BCUT2D eigenvalue weighted by molar-refractivity contribution is 0.101. The largest absolute Gasteiger partial charge is 0.316 e. The van der Waals surface area contributed by atoms with Crippen molar-refractivity contribution < 1.29 is 4.79 Å². The summed E-state index contributed by atoms with van der Waals surface area (Å²) in [4.78, 5) is 11.5. The van der Waals surface area contributed by atoms with E-state index in [-0.39, 0.29) is 5.78 Å². The molecule has 0 unspecified atom stereocenters. The minimum absolute atomic E-state index is 0.0486. The normalized spacial score (nSPS) is 10.7. The molecular weight excluding hydrogens is 269 g/mol. The van der Waals surface area contributed by atoms with Crippen molar-refractivity contribution in [2.45, 2.75) is 20.8 Å². The molecule has 0 spiro atoms. The Morgan fingerprint density at radius 2 is 1.89 bits per heavy atom. The zero-order chi connectivity index (χ0) is 13.4. The number of carbonyl (C=O) groups excluding carboxylic acids is 1. The van der Waals surface area contributed by atoms with Gasteiger partial charge in [0, 0.05) is 17.0 Å². The molecule has 0 aliphatic heterocycles. The van der Waals surface area contributed by atoms with Crippen molar-refractivity contribution in [3.8, 4) is 5.69 Å². The van der Waals surface area contributed by atoms with E-state index in [4.69, 9.17) is 23.2 Å². The summed E-state index contributed by atoms with van der Waals surface area (Å²) >= 11 is 12.2. The molecule has 0 aliphatic rings. The Morgan fingerprint density at radius 3 is 2.44 bits per heavy atom. The molecule has 0 atom stereocenters. The van der Waals surface area contributed by atoms with Crippen molar-refractivity contribution in [3.05, 3.63) is 51.3 Å². The second kappa shape index (κ2) is 4.79. The smallest absolute Gasteiger partial charge is 0.161 e. The number of carbonyl (C=O) groups is 1. The van der Waals surface area contributed by atoms with Crippen molar-refractivity contribution in [2.24, 2.45) is 0 Å². The second-order valence-corrected chi connectivity index (χ2v) is 5.03. The second-order valence-electron chi connectivity index (χ2n) is 4.25. The van der Waals surface area contributed by atoms with Gasteiger partial charge in [0.05, 0.1) is 15.7 Å². The van der Waals surface area contributed by atoms with E-state index in [2.05, 4.69) is 0 Å². The predicted molar refractivity (Wildman–Crippen MR) is 75.3 cm³/mol. The number of halogens is 2. The van der Waals surface area contributed by atoms with Crippen LogP contribution in [0, 0.1) is 13.8 Å². The SMILES string of the molecule is CC(=O)c1cc(C)n(-c2cccc(Cl)c2Cl)c1C. The van der Waals surface area contributed by atoms with Crippen molar-refractivity contribution in [1.82, 2.24) is 4.57 Å². The number of nitrogens with zero attached hydrogens (tertiary/aromatic N) is 1. The lowest BCUT2D eigenvalue weighted by Gasteiger charge is -2.12. The summed E-state index contributed by atoms with van der Waals surface area (Å²) < 4.78 is 1.95. The van der Waals surface area contributed by atoms with E-state index < -0.39 is 0 Å². The Morgan fingerprint density at radius 1 is 1.22 bits per heavy atom. The van der Waals surface area contributed by atoms with E-state index in [1.165, 1.54) is 0 Å². The number of aromatic nitrogens is 1. The average Bonchev–Trinajstić information content (AvgIpc) is 2.59. The first-order chi connectivity index (χ1) is 8.43. The summed E-state index contributed by atoms with van der Waals surface area (Å²) in [5.74, 6) is 0.0486. The molecule has 0 saturated heterocycles. The van der Waals surface area contributed by atoms with Crippen molar-refractivity contribution in [3.63, 3.8) is 0 Å². The highest BCUT2D eigenvalue weighted by Crippen LogP contribution is 2.31. The average molecular weight is 282 g/mol. The number of hydrogen-bond donors (Lipinski definition) is 0. The summed E-state index contributed by atoms with van der Waals surface area (Å²) in [5, 5.41) is 1.00. The van der Waals surface area contributed by atoms with Crippen LogP contribution in [0.5, 0.6) is 0 Å². The van der Waals surface area contributed by atoms with E-state index in [0.717, 1.165) is 17.1 Å². The van der Waals surface area contributed by atoms with Crippen LogP contribution < -0.4 is 0 Å². The molecule has 94 valence electrons. The maximum atomic E-state index is 11.5. The number of ketones is 1. The summed E-state index contributed by atoms with van der Waals surface area (Å²) in [6.45, 7) is 5.41. The van der Waals surface area contributed by atoms with Crippen LogP contribution in [0.15, 0.2) is 24.3 Å². The third-order valence-electron chi connectivity index (χ3n) is 2.98. The van der Waals surface area contributed by atoms with E-state index in [1.54, 1.807) is 13.0 Å². The van der Waals surface area contributed by atoms with Gasteiger partial charge in [-0.05, 0) is 39.0 Å². The van der Waals surface area contributed by atoms with Gasteiger partial charge in [-0.3, -0.25) is 4.79 Å². The molecule has 0 N–H and O–H groups in total. The molecule has 2 rings (SSSR count). The van der Waals surface area contributed by atoms with Crippen LogP contribution in [-0.4, -0.2) is 10.4 Å². The topological polar surface area (TPSA) is 22.0 Å². The molecule has 0 amide bonds. The van der Waals surface area contributed by atoms with Crippen LogP contribution in [0.25, 0.3) is 5.69 Å². The fraction of sp³-hybridized carbons (Fsp3) is 0.214. The van der Waals surface area contributed by atoms with E-state index in [9.17, 15) is 4.79 Å². The van der Waals surface area contributed by atoms with Gasteiger partial charge in [0.25, 0.3) is 0 Å². The molecular formula is C14H13Cl2NO. The van der Waals surface area contributed by atoms with E-state index >= 15 is 0 Å². The molecule has 0 fully saturated rings. The number of Topliss-reactive ketones (excluding diaryl/α,β-unsaturated/α-hetero) is 1. The van der Waals surface area contributed by atoms with Gasteiger partial charge >= 0.3 is 0 Å². The highest BCUT2D eigenvalue weighted by molar-refractivity contribution is 6.43. The van der Waals surface area contributed by atoms with E-state index in [0.29, 0.717) is 15.6 Å². The van der Waals surface area contributed by atoms with Gasteiger partial charge in [-0.2, -0.15) is 0 Å².